The Balaban J connectivity index is 0. The van der Waals surface area contributed by atoms with E-state index in [4.69, 9.17) is 0 Å². The summed E-state index contributed by atoms with van der Waals surface area (Å²) in [6, 6.07) is 0. The Labute approximate surface area is 115 Å². The minimum atomic E-state index is 0. The van der Waals surface area contributed by atoms with Crippen molar-refractivity contribution in [2.75, 3.05) is 0 Å². The Kier molecular flexibility index (Phi) is 847. The van der Waals surface area contributed by atoms with Gasteiger partial charge in [0.15, 0.2) is 0 Å². The zero-order chi connectivity index (χ0) is 0. The van der Waals surface area contributed by atoms with Crippen LogP contribution in [0.15, 0.2) is 0 Å². The van der Waals surface area contributed by atoms with Gasteiger partial charge in [-0.3, -0.25) is 0 Å². The first-order valence-corrected chi connectivity index (χ1v) is 0. The zero-order valence-corrected chi connectivity index (χ0v) is 10.1. The van der Waals surface area contributed by atoms with E-state index >= 15 is 0 Å². The Morgan fingerprint density at radius 1 is 0.571 bits per heavy atom. The molecule has 0 unspecified atom stereocenters. The maximum atomic E-state index is 0. The van der Waals surface area contributed by atoms with Crippen LogP contribution in [-0.4, -0.2) is 45.0 Å². The number of hydrogen-bond donors (Lipinski definition) is 0. The van der Waals surface area contributed by atoms with Crippen molar-refractivity contribution < 1.29 is 95.0 Å². The summed E-state index contributed by atoms with van der Waals surface area (Å²) in [5.41, 5.74) is 0. The fraction of sp³-hybridized carbons (Fsp3) is 0. The molecule has 0 saturated heterocycles. The van der Waals surface area contributed by atoms with E-state index in [2.05, 4.69) is 0 Å². The van der Waals surface area contributed by atoms with Gasteiger partial charge in [0.25, 0.3) is 0 Å². The summed E-state index contributed by atoms with van der Waals surface area (Å²) in [4.78, 5) is 0. The minimum absolute atomic E-state index is 0. The summed E-state index contributed by atoms with van der Waals surface area (Å²) in [5.74, 6) is 0. The smallest absolute Gasteiger partial charge is 0.870 e. The van der Waals surface area contributed by atoms with Crippen molar-refractivity contribution >= 4 is 23.1 Å². The first-order chi connectivity index (χ1) is 0. The largest absolute Gasteiger partial charge is 2.00 e. The molecular formula is H4KMgO4Ti-. The molecule has 0 saturated carbocycles. The Hall–Kier alpha value is 2.96. The molecule has 0 amide bonds. The Morgan fingerprint density at radius 3 is 0.571 bits per heavy atom. The second-order valence-electron chi connectivity index (χ2n) is 0. The van der Waals surface area contributed by atoms with Gasteiger partial charge < -0.3 is 21.9 Å². The molecule has 7 heavy (non-hydrogen) atoms. The molecule has 0 aliphatic rings. The third-order valence-electron chi connectivity index (χ3n) is 0. The van der Waals surface area contributed by atoms with Gasteiger partial charge >= 0.3 is 74.4 Å². The molecule has 0 bridgehead atoms. The van der Waals surface area contributed by atoms with E-state index in [0.717, 1.165) is 0 Å². The molecule has 0 aliphatic carbocycles. The maximum absolute atomic E-state index is 0. The number of rotatable bonds is 0. The quantitative estimate of drug-likeness (QED) is 0.351. The van der Waals surface area contributed by atoms with Crippen LogP contribution in [0.5, 0.6) is 0 Å². The van der Waals surface area contributed by atoms with Crippen LogP contribution in [0.3, 0.4) is 0 Å². The fourth-order valence-corrected chi connectivity index (χ4v) is 0. The van der Waals surface area contributed by atoms with Crippen LogP contribution in [0.2, 0.25) is 0 Å². The summed E-state index contributed by atoms with van der Waals surface area (Å²) in [6.07, 6.45) is 0. The van der Waals surface area contributed by atoms with Crippen LogP contribution in [0.1, 0.15) is 0 Å². The van der Waals surface area contributed by atoms with Gasteiger partial charge in [0.1, 0.15) is 0 Å². The SMILES string of the molecule is [K+].[Mg+2].[OH-].[OH-].[OH-].[OH-].[Ti]. The Bertz CT molecular complexity index is 11.7. The van der Waals surface area contributed by atoms with Gasteiger partial charge in [-0.2, -0.15) is 0 Å². The minimum Gasteiger partial charge on any atom is -0.870 e. The van der Waals surface area contributed by atoms with Crippen LogP contribution >= 0.6 is 0 Å². The number of hydrogen-bond acceptors (Lipinski definition) is 4. The standard InChI is InChI=1S/K.Mg.4H2O.Ti/h;;4*1H2;/q+1;+2;;;;;/p-4. The van der Waals surface area contributed by atoms with Crippen LogP contribution in [0, 0.1) is 0 Å². The summed E-state index contributed by atoms with van der Waals surface area (Å²) < 4.78 is 0. The van der Waals surface area contributed by atoms with E-state index in [-0.39, 0.29) is 118 Å². The predicted molar refractivity (Wildman–Crippen MR) is 13.5 cm³/mol. The van der Waals surface area contributed by atoms with Gasteiger partial charge in [0.05, 0.1) is 0 Å². The average Bonchev–Trinajstić information content (AvgIpc) is 0. The second-order valence-corrected chi connectivity index (χ2v) is 0. The fourth-order valence-electron chi connectivity index (χ4n) is 0. The molecule has 0 radical (unpaired) electrons. The first-order valence-electron chi connectivity index (χ1n) is 0. The molecule has 0 atom stereocenters. The van der Waals surface area contributed by atoms with Crippen LogP contribution in [0.25, 0.3) is 0 Å². The average molecular weight is 179 g/mol. The molecule has 0 aromatic carbocycles. The second kappa shape index (κ2) is 64.9. The topological polar surface area (TPSA) is 120 Å². The monoisotopic (exact) mass is 179 g/mol. The van der Waals surface area contributed by atoms with E-state index in [1.54, 1.807) is 0 Å². The van der Waals surface area contributed by atoms with Gasteiger partial charge in [-0.25, -0.2) is 0 Å². The molecule has 0 aromatic rings. The van der Waals surface area contributed by atoms with Crippen LogP contribution < -0.4 is 51.4 Å². The maximum Gasteiger partial charge on any atom is 2.00 e. The molecule has 0 heterocycles. The van der Waals surface area contributed by atoms with Gasteiger partial charge in [-0.05, 0) is 0 Å². The normalized spacial score (nSPS) is 0. The van der Waals surface area contributed by atoms with Gasteiger partial charge in [0.2, 0.25) is 0 Å². The van der Waals surface area contributed by atoms with E-state index in [1.165, 1.54) is 0 Å². The van der Waals surface area contributed by atoms with Crippen molar-refractivity contribution in [3.63, 3.8) is 0 Å². The van der Waals surface area contributed by atoms with Gasteiger partial charge in [-0.1, -0.05) is 0 Å². The molecule has 0 aliphatic heterocycles. The molecule has 36 valence electrons. The molecular weight excluding hydrogens is 175 g/mol. The van der Waals surface area contributed by atoms with Crippen molar-refractivity contribution in [2.24, 2.45) is 0 Å². The zero-order valence-electron chi connectivity index (χ0n) is 4.00. The van der Waals surface area contributed by atoms with Crippen molar-refractivity contribution in [3.8, 4) is 0 Å². The van der Waals surface area contributed by atoms with E-state index < -0.39 is 0 Å². The summed E-state index contributed by atoms with van der Waals surface area (Å²) >= 11 is 0. The predicted octanol–water partition coefficient (Wildman–Crippen LogP) is -4.09. The molecule has 4 nitrogen and oxygen atoms in total. The van der Waals surface area contributed by atoms with Crippen molar-refractivity contribution in [1.29, 1.82) is 0 Å². The van der Waals surface area contributed by atoms with Crippen molar-refractivity contribution in [2.45, 2.75) is 0 Å². The van der Waals surface area contributed by atoms with E-state index in [0.29, 0.717) is 0 Å². The van der Waals surface area contributed by atoms with Gasteiger partial charge in [0, 0.05) is 21.7 Å². The molecule has 7 heteroatoms. The summed E-state index contributed by atoms with van der Waals surface area (Å²) in [6.45, 7) is 0. The first kappa shape index (κ1) is 91.4. The molecule has 0 spiro atoms. The molecule has 4 N–H and O–H groups in total. The molecule has 0 fully saturated rings. The third kappa shape index (κ3) is 49.6. The van der Waals surface area contributed by atoms with E-state index in [9.17, 15) is 0 Å². The van der Waals surface area contributed by atoms with Crippen LogP contribution in [0.4, 0.5) is 0 Å². The van der Waals surface area contributed by atoms with Crippen molar-refractivity contribution in [3.05, 3.63) is 0 Å². The van der Waals surface area contributed by atoms with Crippen LogP contribution in [-0.2, 0) is 21.7 Å². The summed E-state index contributed by atoms with van der Waals surface area (Å²) in [5, 5.41) is 0. The molecule has 0 aromatic heterocycles. The Morgan fingerprint density at radius 2 is 0.571 bits per heavy atom. The van der Waals surface area contributed by atoms with E-state index in [1.807, 2.05) is 0 Å². The molecule has 0 rings (SSSR count). The summed E-state index contributed by atoms with van der Waals surface area (Å²) in [7, 11) is 0. The van der Waals surface area contributed by atoms with Crippen molar-refractivity contribution in [1.82, 2.24) is 0 Å². The third-order valence-corrected chi connectivity index (χ3v) is 0. The van der Waals surface area contributed by atoms with Gasteiger partial charge in [-0.15, -0.1) is 0 Å².